The van der Waals surface area contributed by atoms with E-state index in [0.29, 0.717) is 35.9 Å². The van der Waals surface area contributed by atoms with E-state index in [1.165, 1.54) is 0 Å². The Kier molecular flexibility index (Phi) is 7.02. The number of carbonyl (C=O) groups is 2. The fourth-order valence-electron chi connectivity index (χ4n) is 3.66. The van der Waals surface area contributed by atoms with Crippen LogP contribution in [0.5, 0.6) is 5.75 Å². The van der Waals surface area contributed by atoms with E-state index in [1.54, 1.807) is 26.2 Å². The van der Waals surface area contributed by atoms with Crippen molar-refractivity contribution in [2.75, 3.05) is 27.3 Å². The van der Waals surface area contributed by atoms with E-state index in [1.807, 2.05) is 37.9 Å². The average Bonchev–Trinajstić information content (AvgIpc) is 3.14. The Balaban J connectivity index is 1.93. The molecule has 1 aromatic carbocycles. The molecule has 1 aliphatic heterocycles. The lowest BCUT2D eigenvalue weighted by molar-refractivity contribution is -0.139. The van der Waals surface area contributed by atoms with E-state index < -0.39 is 18.0 Å². The molecule has 1 aliphatic rings. The molecule has 0 bridgehead atoms. The van der Waals surface area contributed by atoms with Crippen LogP contribution in [0.15, 0.2) is 46.0 Å². The van der Waals surface area contributed by atoms with Gasteiger partial charge in [0.2, 0.25) is 0 Å². The maximum Gasteiger partial charge on any atom is 0.338 e. The molecular weight excluding hydrogens is 398 g/mol. The van der Waals surface area contributed by atoms with Crippen LogP contribution >= 0.6 is 0 Å². The van der Waals surface area contributed by atoms with Gasteiger partial charge in [-0.3, -0.25) is 4.90 Å². The summed E-state index contributed by atoms with van der Waals surface area (Å²) in [6.45, 7) is 6.70. The third-order valence-electron chi connectivity index (χ3n) is 5.00. The van der Waals surface area contributed by atoms with Gasteiger partial charge in [-0.15, -0.1) is 0 Å². The number of likely N-dealkylation sites (N-methyl/N-ethyl adjacent to an activating group) is 1. The van der Waals surface area contributed by atoms with Crippen molar-refractivity contribution in [1.29, 1.82) is 0 Å². The second-order valence-electron chi connectivity index (χ2n) is 7.58. The fraction of sp³-hybridized carbons (Fsp3) is 0.391. The van der Waals surface area contributed by atoms with Crippen LogP contribution < -0.4 is 15.4 Å². The summed E-state index contributed by atoms with van der Waals surface area (Å²) in [6.07, 6.45) is 0. The van der Waals surface area contributed by atoms with Gasteiger partial charge in [0.05, 0.1) is 19.3 Å². The Bertz CT molecular complexity index is 995. The highest BCUT2D eigenvalue weighted by atomic mass is 16.5. The quantitative estimate of drug-likeness (QED) is 0.629. The summed E-state index contributed by atoms with van der Waals surface area (Å²) >= 11 is 0. The molecule has 0 radical (unpaired) electrons. The smallest absolute Gasteiger partial charge is 0.338 e. The zero-order valence-electron chi connectivity index (χ0n) is 18.6. The SMILES string of the molecule is CCOC(=O)C1=C(CN(C)Cc2cc(C)ccc2OC)NC(=O)N[C@@H]1c1ccc(C)o1. The van der Waals surface area contributed by atoms with Crippen LogP contribution in [0.2, 0.25) is 0 Å². The van der Waals surface area contributed by atoms with Gasteiger partial charge in [0.1, 0.15) is 23.3 Å². The van der Waals surface area contributed by atoms with Crippen LogP contribution in [-0.2, 0) is 16.1 Å². The fourth-order valence-corrected chi connectivity index (χ4v) is 3.66. The number of rotatable bonds is 8. The number of nitrogens with one attached hydrogen (secondary N) is 2. The molecule has 2 heterocycles. The highest BCUT2D eigenvalue weighted by Gasteiger charge is 2.35. The second-order valence-corrected chi connectivity index (χ2v) is 7.58. The summed E-state index contributed by atoms with van der Waals surface area (Å²) < 4.78 is 16.5. The summed E-state index contributed by atoms with van der Waals surface area (Å²) in [5.74, 6) is 1.47. The standard InChI is InChI=1S/C23H29N3O5/c1-6-30-22(27)20-17(24-23(28)25-21(20)19-10-8-15(3)31-19)13-26(4)12-16-11-14(2)7-9-18(16)29-5/h7-11,21H,6,12-13H2,1-5H3,(H2,24,25,28)/t21-/m1/s1. The molecule has 8 nitrogen and oxygen atoms in total. The lowest BCUT2D eigenvalue weighted by Gasteiger charge is -2.30. The minimum absolute atomic E-state index is 0.226. The molecule has 2 amide bonds. The molecule has 0 aliphatic carbocycles. The number of carbonyl (C=O) groups excluding carboxylic acids is 2. The van der Waals surface area contributed by atoms with Gasteiger partial charge in [0, 0.05) is 24.4 Å². The third kappa shape index (κ3) is 5.27. The first-order valence-corrected chi connectivity index (χ1v) is 10.2. The molecule has 1 atom stereocenters. The Morgan fingerprint density at radius 3 is 2.61 bits per heavy atom. The number of furan rings is 1. The van der Waals surface area contributed by atoms with E-state index in [2.05, 4.69) is 16.7 Å². The molecule has 1 aromatic heterocycles. The van der Waals surface area contributed by atoms with E-state index in [4.69, 9.17) is 13.9 Å². The second kappa shape index (κ2) is 9.70. The predicted octanol–water partition coefficient (Wildman–Crippen LogP) is 3.21. The molecule has 0 fully saturated rings. The van der Waals surface area contributed by atoms with Crippen molar-refractivity contribution in [1.82, 2.24) is 15.5 Å². The molecule has 166 valence electrons. The number of nitrogens with zero attached hydrogens (tertiary/aromatic N) is 1. The predicted molar refractivity (Wildman–Crippen MR) is 116 cm³/mol. The lowest BCUT2D eigenvalue weighted by atomic mass is 9.99. The van der Waals surface area contributed by atoms with Crippen LogP contribution in [-0.4, -0.2) is 44.2 Å². The van der Waals surface area contributed by atoms with Gasteiger partial charge in [0.25, 0.3) is 0 Å². The van der Waals surface area contributed by atoms with E-state index in [-0.39, 0.29) is 6.61 Å². The summed E-state index contributed by atoms with van der Waals surface area (Å²) in [6, 6.07) is 8.41. The number of urea groups is 1. The maximum atomic E-state index is 12.8. The zero-order chi connectivity index (χ0) is 22.5. The van der Waals surface area contributed by atoms with Crippen molar-refractivity contribution in [2.24, 2.45) is 0 Å². The maximum absolute atomic E-state index is 12.8. The van der Waals surface area contributed by atoms with Crippen LogP contribution in [0.25, 0.3) is 0 Å². The molecule has 31 heavy (non-hydrogen) atoms. The number of ether oxygens (including phenoxy) is 2. The first kappa shape index (κ1) is 22.4. The first-order valence-electron chi connectivity index (χ1n) is 10.2. The number of hydrogen-bond acceptors (Lipinski definition) is 6. The molecular formula is C23H29N3O5. The minimum atomic E-state index is -0.724. The Hall–Kier alpha value is -3.26. The number of esters is 1. The number of hydrogen-bond donors (Lipinski definition) is 2. The monoisotopic (exact) mass is 427 g/mol. The van der Waals surface area contributed by atoms with Crippen LogP contribution in [0, 0.1) is 13.8 Å². The zero-order valence-corrected chi connectivity index (χ0v) is 18.6. The molecule has 3 rings (SSSR count). The molecule has 0 spiro atoms. The van der Waals surface area contributed by atoms with Gasteiger partial charge in [-0.2, -0.15) is 0 Å². The van der Waals surface area contributed by atoms with E-state index in [9.17, 15) is 9.59 Å². The van der Waals surface area contributed by atoms with Crippen molar-refractivity contribution in [3.05, 3.63) is 64.2 Å². The number of aryl methyl sites for hydroxylation is 2. The Morgan fingerprint density at radius 1 is 1.19 bits per heavy atom. The Morgan fingerprint density at radius 2 is 1.97 bits per heavy atom. The molecule has 0 saturated heterocycles. The molecule has 2 aromatic rings. The normalized spacial score (nSPS) is 16.2. The van der Waals surface area contributed by atoms with Gasteiger partial charge in [-0.25, -0.2) is 9.59 Å². The van der Waals surface area contributed by atoms with Gasteiger partial charge in [0.15, 0.2) is 0 Å². The lowest BCUT2D eigenvalue weighted by Crippen LogP contribution is -2.48. The molecule has 2 N–H and O–H groups in total. The van der Waals surface area contributed by atoms with Gasteiger partial charge < -0.3 is 24.5 Å². The van der Waals surface area contributed by atoms with Gasteiger partial charge in [-0.05, 0) is 46.0 Å². The highest BCUT2D eigenvalue weighted by Crippen LogP contribution is 2.30. The van der Waals surface area contributed by atoms with Crippen molar-refractivity contribution in [3.63, 3.8) is 0 Å². The molecule has 8 heteroatoms. The van der Waals surface area contributed by atoms with Crippen molar-refractivity contribution in [2.45, 2.75) is 33.4 Å². The summed E-state index contributed by atoms with van der Waals surface area (Å²) in [5, 5.41) is 5.56. The average molecular weight is 428 g/mol. The summed E-state index contributed by atoms with van der Waals surface area (Å²) in [5.41, 5.74) is 2.95. The summed E-state index contributed by atoms with van der Waals surface area (Å²) in [4.78, 5) is 27.2. The van der Waals surface area contributed by atoms with Crippen LogP contribution in [0.1, 0.15) is 35.6 Å². The molecule has 0 unspecified atom stereocenters. The van der Waals surface area contributed by atoms with Crippen molar-refractivity contribution >= 4 is 12.0 Å². The largest absolute Gasteiger partial charge is 0.496 e. The van der Waals surface area contributed by atoms with E-state index >= 15 is 0 Å². The van der Waals surface area contributed by atoms with Crippen molar-refractivity contribution < 1.29 is 23.5 Å². The number of amides is 2. The number of methoxy groups -OCH3 is 1. The first-order chi connectivity index (χ1) is 14.8. The number of benzene rings is 1. The third-order valence-corrected chi connectivity index (χ3v) is 5.00. The molecule has 0 saturated carbocycles. The van der Waals surface area contributed by atoms with Crippen molar-refractivity contribution in [3.8, 4) is 5.75 Å². The van der Waals surface area contributed by atoms with Gasteiger partial charge in [-0.1, -0.05) is 17.7 Å². The minimum Gasteiger partial charge on any atom is -0.496 e. The van der Waals surface area contributed by atoms with E-state index in [0.717, 1.165) is 16.9 Å². The van der Waals surface area contributed by atoms with Gasteiger partial charge >= 0.3 is 12.0 Å². The highest BCUT2D eigenvalue weighted by molar-refractivity contribution is 5.95. The van der Waals surface area contributed by atoms with Crippen LogP contribution in [0.3, 0.4) is 0 Å². The van der Waals surface area contributed by atoms with Crippen LogP contribution in [0.4, 0.5) is 4.79 Å². The Labute approximate surface area is 182 Å². The summed E-state index contributed by atoms with van der Waals surface area (Å²) in [7, 11) is 3.55. The topological polar surface area (TPSA) is 93.0 Å².